The molecule has 2 heterocycles. The molecule has 0 unspecified atom stereocenters. The highest BCUT2D eigenvalue weighted by atomic mass is 16.2. The highest BCUT2D eigenvalue weighted by molar-refractivity contribution is 6.39. The number of amides is 2. The maximum absolute atomic E-state index is 12.6. The molecule has 0 spiro atoms. The van der Waals surface area contributed by atoms with Crippen molar-refractivity contribution in [2.75, 3.05) is 43.4 Å². The average Bonchev–Trinajstić information content (AvgIpc) is 2.81. The van der Waals surface area contributed by atoms with Crippen molar-refractivity contribution in [3.63, 3.8) is 0 Å². The van der Waals surface area contributed by atoms with Gasteiger partial charge in [-0.15, -0.1) is 0 Å². The highest BCUT2D eigenvalue weighted by Gasteiger charge is 2.25. The molecule has 0 radical (unpaired) electrons. The van der Waals surface area contributed by atoms with Gasteiger partial charge in [0.25, 0.3) is 0 Å². The van der Waals surface area contributed by atoms with Crippen LogP contribution in [0.2, 0.25) is 0 Å². The number of piperidine rings is 1. The maximum Gasteiger partial charge on any atom is 0.313 e. The Kier molecular flexibility index (Phi) is 7.10. The Morgan fingerprint density at radius 3 is 2.44 bits per heavy atom. The van der Waals surface area contributed by atoms with Gasteiger partial charge >= 0.3 is 11.8 Å². The number of nitrogens with zero attached hydrogens (tertiary/aromatic N) is 2. The molecule has 6 nitrogen and oxygen atoms in total. The smallest absolute Gasteiger partial charge is 0.313 e. The van der Waals surface area contributed by atoms with E-state index in [4.69, 9.17) is 0 Å². The van der Waals surface area contributed by atoms with Crippen molar-refractivity contribution in [1.29, 1.82) is 0 Å². The standard InChI is InChI=1S/C26H34N4O2/c1-19-8-11-22(12-9-19)28-26(32)25(31)27-18-24(30-15-4-3-5-16-30)21-10-13-23-20(17-21)7-6-14-29(23)2/h8-13,17,24H,3-7,14-16,18H2,1-2H3,(H,27,31)(H,28,32)/t24-/m0/s1. The van der Waals surface area contributed by atoms with Gasteiger partial charge in [0.05, 0.1) is 6.04 Å². The SMILES string of the molecule is Cc1ccc(NC(=O)C(=O)NC[C@@H](c2ccc3c(c2)CCCN3C)N2CCCCC2)cc1. The first-order valence-electron chi connectivity index (χ1n) is 11.7. The van der Waals surface area contributed by atoms with Gasteiger partial charge in [0.15, 0.2) is 0 Å². The molecule has 0 aromatic heterocycles. The number of nitrogens with one attached hydrogen (secondary N) is 2. The Hall–Kier alpha value is -2.86. The monoisotopic (exact) mass is 434 g/mol. The lowest BCUT2D eigenvalue weighted by molar-refractivity contribution is -0.136. The Morgan fingerprint density at radius 1 is 0.938 bits per heavy atom. The van der Waals surface area contributed by atoms with Crippen LogP contribution in [0.3, 0.4) is 0 Å². The van der Waals surface area contributed by atoms with E-state index in [1.165, 1.54) is 36.1 Å². The third-order valence-corrected chi connectivity index (χ3v) is 6.64. The summed E-state index contributed by atoms with van der Waals surface area (Å²) in [6, 6.07) is 14.2. The highest BCUT2D eigenvalue weighted by Crippen LogP contribution is 2.31. The van der Waals surface area contributed by atoms with Crippen molar-refractivity contribution in [1.82, 2.24) is 10.2 Å². The van der Waals surface area contributed by atoms with E-state index in [2.05, 4.69) is 45.7 Å². The number of fused-ring (bicyclic) bond motifs is 1. The van der Waals surface area contributed by atoms with Crippen LogP contribution in [0.5, 0.6) is 0 Å². The van der Waals surface area contributed by atoms with E-state index >= 15 is 0 Å². The summed E-state index contributed by atoms with van der Waals surface area (Å²) in [4.78, 5) is 29.7. The van der Waals surface area contributed by atoms with E-state index in [-0.39, 0.29) is 6.04 Å². The van der Waals surface area contributed by atoms with Gasteiger partial charge in [-0.2, -0.15) is 0 Å². The molecule has 2 N–H and O–H groups in total. The summed E-state index contributed by atoms with van der Waals surface area (Å²) < 4.78 is 0. The molecule has 1 fully saturated rings. The lowest BCUT2D eigenvalue weighted by atomic mass is 9.95. The van der Waals surface area contributed by atoms with Crippen LogP contribution in [0.15, 0.2) is 42.5 Å². The summed E-state index contributed by atoms with van der Waals surface area (Å²) in [6.07, 6.45) is 5.85. The largest absolute Gasteiger partial charge is 0.374 e. The van der Waals surface area contributed by atoms with E-state index < -0.39 is 11.8 Å². The number of aryl methyl sites for hydroxylation is 2. The van der Waals surface area contributed by atoms with Crippen LogP contribution in [-0.2, 0) is 16.0 Å². The fourth-order valence-corrected chi connectivity index (χ4v) is 4.79. The Bertz CT molecular complexity index is 951. The van der Waals surface area contributed by atoms with E-state index in [0.29, 0.717) is 12.2 Å². The molecule has 0 bridgehead atoms. The molecule has 1 atom stereocenters. The zero-order valence-electron chi connectivity index (χ0n) is 19.2. The van der Waals surface area contributed by atoms with Gasteiger partial charge < -0.3 is 15.5 Å². The minimum absolute atomic E-state index is 0.0731. The van der Waals surface area contributed by atoms with Crippen LogP contribution < -0.4 is 15.5 Å². The van der Waals surface area contributed by atoms with Gasteiger partial charge in [-0.05, 0) is 75.0 Å². The normalized spacial score (nSPS) is 17.4. The van der Waals surface area contributed by atoms with Crippen molar-refractivity contribution in [3.05, 3.63) is 59.2 Å². The van der Waals surface area contributed by atoms with Crippen LogP contribution in [-0.4, -0.2) is 49.9 Å². The van der Waals surface area contributed by atoms with Gasteiger partial charge in [0.1, 0.15) is 0 Å². The Labute approximate surface area is 191 Å². The number of rotatable bonds is 5. The zero-order valence-corrected chi connectivity index (χ0v) is 19.2. The molecular formula is C26H34N4O2. The fraction of sp³-hybridized carbons (Fsp3) is 0.462. The van der Waals surface area contributed by atoms with Gasteiger partial charge in [0, 0.05) is 31.5 Å². The summed E-state index contributed by atoms with van der Waals surface area (Å²) in [5.41, 5.74) is 5.64. The van der Waals surface area contributed by atoms with E-state index in [1.807, 2.05) is 19.1 Å². The molecule has 2 aliphatic heterocycles. The maximum atomic E-state index is 12.6. The van der Waals surface area contributed by atoms with Gasteiger partial charge in [-0.3, -0.25) is 14.5 Å². The van der Waals surface area contributed by atoms with Crippen LogP contribution >= 0.6 is 0 Å². The summed E-state index contributed by atoms with van der Waals surface area (Å²) >= 11 is 0. The second kappa shape index (κ2) is 10.2. The predicted octanol–water partition coefficient (Wildman–Crippen LogP) is 3.66. The lowest BCUT2D eigenvalue weighted by Crippen LogP contribution is -2.43. The molecule has 2 amide bonds. The van der Waals surface area contributed by atoms with E-state index in [9.17, 15) is 9.59 Å². The quantitative estimate of drug-likeness (QED) is 0.705. The molecule has 2 aliphatic rings. The molecule has 1 saturated heterocycles. The van der Waals surface area contributed by atoms with Crippen molar-refractivity contribution < 1.29 is 9.59 Å². The third-order valence-electron chi connectivity index (χ3n) is 6.64. The number of carbonyl (C=O) groups is 2. The molecule has 2 aromatic carbocycles. The van der Waals surface area contributed by atoms with Crippen molar-refractivity contribution in [2.24, 2.45) is 0 Å². The van der Waals surface area contributed by atoms with Crippen LogP contribution in [0.25, 0.3) is 0 Å². The molecule has 2 aromatic rings. The van der Waals surface area contributed by atoms with Crippen LogP contribution in [0.4, 0.5) is 11.4 Å². The second-order valence-electron chi connectivity index (χ2n) is 9.06. The minimum Gasteiger partial charge on any atom is -0.374 e. The van der Waals surface area contributed by atoms with Gasteiger partial charge in [-0.25, -0.2) is 0 Å². The number of carbonyl (C=O) groups excluding carboxylic acids is 2. The number of benzene rings is 2. The summed E-state index contributed by atoms with van der Waals surface area (Å²) in [5, 5.41) is 5.58. The summed E-state index contributed by atoms with van der Waals surface area (Å²) in [5.74, 6) is -1.22. The zero-order chi connectivity index (χ0) is 22.5. The van der Waals surface area contributed by atoms with E-state index in [0.717, 1.165) is 38.0 Å². The predicted molar refractivity (Wildman–Crippen MR) is 129 cm³/mol. The second-order valence-corrected chi connectivity index (χ2v) is 9.06. The third kappa shape index (κ3) is 5.30. The van der Waals surface area contributed by atoms with Crippen LogP contribution in [0.1, 0.15) is 48.4 Å². The number of anilines is 2. The van der Waals surface area contributed by atoms with Crippen molar-refractivity contribution >= 4 is 23.2 Å². The van der Waals surface area contributed by atoms with Crippen LogP contribution in [0, 0.1) is 6.92 Å². The summed E-state index contributed by atoms with van der Waals surface area (Å²) in [6.45, 7) is 5.54. The van der Waals surface area contributed by atoms with Crippen molar-refractivity contribution in [2.45, 2.75) is 45.1 Å². The van der Waals surface area contributed by atoms with Gasteiger partial charge in [0.2, 0.25) is 0 Å². The number of hydrogen-bond donors (Lipinski definition) is 2. The molecule has 32 heavy (non-hydrogen) atoms. The first-order valence-corrected chi connectivity index (χ1v) is 11.7. The average molecular weight is 435 g/mol. The molecular weight excluding hydrogens is 400 g/mol. The first-order chi connectivity index (χ1) is 15.5. The number of likely N-dealkylation sites (tertiary alicyclic amines) is 1. The first kappa shape index (κ1) is 22.3. The molecule has 0 aliphatic carbocycles. The van der Waals surface area contributed by atoms with Gasteiger partial charge in [-0.1, -0.05) is 36.2 Å². The topological polar surface area (TPSA) is 64.7 Å². The minimum atomic E-state index is -0.627. The Morgan fingerprint density at radius 2 is 1.69 bits per heavy atom. The fourth-order valence-electron chi connectivity index (χ4n) is 4.79. The molecule has 6 heteroatoms. The van der Waals surface area contributed by atoms with E-state index in [1.54, 1.807) is 12.1 Å². The number of hydrogen-bond acceptors (Lipinski definition) is 4. The lowest BCUT2D eigenvalue weighted by Gasteiger charge is -2.36. The Balaban J connectivity index is 1.45. The molecule has 4 rings (SSSR count). The summed E-state index contributed by atoms with van der Waals surface area (Å²) in [7, 11) is 2.15. The van der Waals surface area contributed by atoms with Crippen molar-refractivity contribution in [3.8, 4) is 0 Å². The molecule has 170 valence electrons. The molecule has 0 saturated carbocycles.